The van der Waals surface area contributed by atoms with E-state index in [0.29, 0.717) is 36.6 Å². The fourth-order valence-electron chi connectivity index (χ4n) is 1.45. The Hall–Kier alpha value is -1.37. The van der Waals surface area contributed by atoms with Gasteiger partial charge >= 0.3 is 0 Å². The first-order valence-electron chi connectivity index (χ1n) is 5.45. The van der Waals surface area contributed by atoms with Crippen LogP contribution in [-0.2, 0) is 17.3 Å². The fraction of sp³-hybridized carbons (Fsp3) is 0.600. The topological polar surface area (TPSA) is 90.0 Å². The normalized spacial score (nSPS) is 12.4. The molecule has 0 fully saturated rings. The molecule has 0 saturated carbocycles. The van der Waals surface area contributed by atoms with Crippen molar-refractivity contribution in [3.63, 3.8) is 0 Å². The molecule has 0 aliphatic heterocycles. The zero-order valence-corrected chi connectivity index (χ0v) is 10.9. The second kappa shape index (κ2) is 6.39. The maximum Gasteiger partial charge on any atom is 0.271 e. The van der Waals surface area contributed by atoms with Gasteiger partial charge in [0.05, 0.1) is 11.9 Å². The number of hydrogen-bond donors (Lipinski definition) is 2. The van der Waals surface area contributed by atoms with Crippen LogP contribution in [0.25, 0.3) is 0 Å². The summed E-state index contributed by atoms with van der Waals surface area (Å²) in [5.74, 6) is 0.353. The van der Waals surface area contributed by atoms with E-state index in [1.807, 2.05) is 6.92 Å². The Bertz CT molecular complexity index is 416. The van der Waals surface area contributed by atoms with E-state index < -0.39 is 10.8 Å². The summed E-state index contributed by atoms with van der Waals surface area (Å²) in [5, 5.41) is 6.74. The van der Waals surface area contributed by atoms with E-state index in [2.05, 4.69) is 10.4 Å². The van der Waals surface area contributed by atoms with Gasteiger partial charge in [-0.3, -0.25) is 13.7 Å². The lowest BCUT2D eigenvalue weighted by Gasteiger charge is -2.07. The molecule has 1 unspecified atom stereocenters. The maximum atomic E-state index is 11.8. The van der Waals surface area contributed by atoms with Crippen molar-refractivity contribution in [2.75, 3.05) is 24.3 Å². The average Bonchev–Trinajstić information content (AvgIpc) is 2.65. The first-order valence-corrected chi connectivity index (χ1v) is 7.18. The van der Waals surface area contributed by atoms with Crippen LogP contribution in [0.1, 0.15) is 23.8 Å². The van der Waals surface area contributed by atoms with E-state index in [4.69, 9.17) is 5.73 Å². The summed E-state index contributed by atoms with van der Waals surface area (Å²) in [4.78, 5) is 11.8. The molecule has 96 valence electrons. The highest BCUT2D eigenvalue weighted by Crippen LogP contribution is 2.10. The van der Waals surface area contributed by atoms with Crippen LogP contribution in [0.4, 0.5) is 5.69 Å². The van der Waals surface area contributed by atoms with E-state index in [1.54, 1.807) is 10.9 Å². The lowest BCUT2D eigenvalue weighted by Crippen LogP contribution is -2.28. The monoisotopic (exact) mass is 258 g/mol. The minimum Gasteiger partial charge on any atom is -0.396 e. The SMILES string of the molecule is CCn1ncc(N)c1C(=O)NCCCS(C)=O. The molecule has 0 aromatic carbocycles. The van der Waals surface area contributed by atoms with Gasteiger partial charge in [-0.2, -0.15) is 5.10 Å². The number of anilines is 1. The van der Waals surface area contributed by atoms with Crippen LogP contribution in [0.15, 0.2) is 6.20 Å². The van der Waals surface area contributed by atoms with E-state index in [9.17, 15) is 9.00 Å². The van der Waals surface area contributed by atoms with Crippen molar-refractivity contribution < 1.29 is 9.00 Å². The van der Waals surface area contributed by atoms with Gasteiger partial charge in [-0.15, -0.1) is 0 Å². The first kappa shape index (κ1) is 13.7. The number of nitrogens with one attached hydrogen (secondary N) is 1. The minimum absolute atomic E-state index is 0.233. The van der Waals surface area contributed by atoms with Crippen LogP contribution in [0, 0.1) is 0 Å². The predicted molar refractivity (Wildman–Crippen MR) is 68.2 cm³/mol. The first-order chi connectivity index (χ1) is 8.06. The standard InChI is InChI=1S/C10H18N4O2S/c1-3-14-9(8(11)7-13-14)10(15)12-5-4-6-17(2)16/h7H,3-6,11H2,1-2H3,(H,12,15). The van der Waals surface area contributed by atoms with Gasteiger partial charge in [-0.1, -0.05) is 0 Å². The molecular weight excluding hydrogens is 240 g/mol. The van der Waals surface area contributed by atoms with Crippen molar-refractivity contribution in [2.45, 2.75) is 19.9 Å². The molecule has 1 atom stereocenters. The Morgan fingerprint density at radius 2 is 2.35 bits per heavy atom. The van der Waals surface area contributed by atoms with Gasteiger partial charge < -0.3 is 11.1 Å². The van der Waals surface area contributed by atoms with Crippen LogP contribution >= 0.6 is 0 Å². The highest BCUT2D eigenvalue weighted by Gasteiger charge is 2.15. The van der Waals surface area contributed by atoms with E-state index in [0.717, 1.165) is 0 Å². The van der Waals surface area contributed by atoms with Crippen molar-refractivity contribution in [2.24, 2.45) is 0 Å². The third-order valence-corrected chi connectivity index (χ3v) is 3.14. The highest BCUT2D eigenvalue weighted by molar-refractivity contribution is 7.84. The second-order valence-electron chi connectivity index (χ2n) is 3.65. The molecule has 3 N–H and O–H groups in total. The van der Waals surface area contributed by atoms with Gasteiger partial charge in [-0.05, 0) is 13.3 Å². The van der Waals surface area contributed by atoms with Crippen molar-refractivity contribution in [3.8, 4) is 0 Å². The zero-order chi connectivity index (χ0) is 12.8. The molecule has 0 radical (unpaired) electrons. The number of carbonyl (C=O) groups excluding carboxylic acids is 1. The Morgan fingerprint density at radius 3 is 2.94 bits per heavy atom. The van der Waals surface area contributed by atoms with E-state index in [1.165, 1.54) is 6.20 Å². The molecule has 17 heavy (non-hydrogen) atoms. The molecular formula is C10H18N4O2S. The molecule has 1 aromatic rings. The second-order valence-corrected chi connectivity index (χ2v) is 5.21. The van der Waals surface area contributed by atoms with Gasteiger partial charge in [0.2, 0.25) is 0 Å². The molecule has 7 heteroatoms. The molecule has 0 aliphatic rings. The number of nitrogen functional groups attached to an aromatic ring is 1. The van der Waals surface area contributed by atoms with Crippen LogP contribution in [-0.4, -0.2) is 38.4 Å². The lowest BCUT2D eigenvalue weighted by molar-refractivity contribution is 0.0944. The van der Waals surface area contributed by atoms with Crippen LogP contribution < -0.4 is 11.1 Å². The third-order valence-electron chi connectivity index (χ3n) is 2.28. The number of nitrogens with two attached hydrogens (primary N) is 1. The number of carbonyl (C=O) groups is 1. The summed E-state index contributed by atoms with van der Waals surface area (Å²) >= 11 is 0. The molecule has 6 nitrogen and oxygen atoms in total. The smallest absolute Gasteiger partial charge is 0.271 e. The van der Waals surface area contributed by atoms with Gasteiger partial charge in [0.15, 0.2) is 0 Å². The predicted octanol–water partition coefficient (Wildman–Crippen LogP) is -0.0164. The van der Waals surface area contributed by atoms with Gasteiger partial charge in [0.25, 0.3) is 5.91 Å². The zero-order valence-electron chi connectivity index (χ0n) is 10.1. The maximum absolute atomic E-state index is 11.8. The summed E-state index contributed by atoms with van der Waals surface area (Å²) < 4.78 is 12.4. The summed E-state index contributed by atoms with van der Waals surface area (Å²) in [6, 6.07) is 0. The fourth-order valence-corrected chi connectivity index (χ4v) is 2.00. The number of amides is 1. The Balaban J connectivity index is 2.52. The molecule has 0 bridgehead atoms. The largest absolute Gasteiger partial charge is 0.396 e. The lowest BCUT2D eigenvalue weighted by atomic mass is 10.3. The van der Waals surface area contributed by atoms with Crippen molar-refractivity contribution in [1.29, 1.82) is 0 Å². The molecule has 1 rings (SSSR count). The van der Waals surface area contributed by atoms with Crippen LogP contribution in [0.2, 0.25) is 0 Å². The Kier molecular flexibility index (Phi) is 5.14. The van der Waals surface area contributed by atoms with Crippen molar-refractivity contribution in [3.05, 3.63) is 11.9 Å². The molecule has 1 heterocycles. The third kappa shape index (κ3) is 3.85. The van der Waals surface area contributed by atoms with Gasteiger partial charge in [-0.25, -0.2) is 0 Å². The van der Waals surface area contributed by atoms with Gasteiger partial charge in [0, 0.05) is 35.9 Å². The van der Waals surface area contributed by atoms with Crippen molar-refractivity contribution in [1.82, 2.24) is 15.1 Å². The number of aryl methyl sites for hydroxylation is 1. The molecule has 0 saturated heterocycles. The Morgan fingerprint density at radius 1 is 1.65 bits per heavy atom. The van der Waals surface area contributed by atoms with Gasteiger partial charge in [0.1, 0.15) is 5.69 Å². The summed E-state index contributed by atoms with van der Waals surface area (Å²) in [5.41, 5.74) is 6.45. The summed E-state index contributed by atoms with van der Waals surface area (Å²) in [7, 11) is -0.821. The van der Waals surface area contributed by atoms with E-state index in [-0.39, 0.29) is 5.91 Å². The molecule has 0 aliphatic carbocycles. The summed E-state index contributed by atoms with van der Waals surface area (Å²) in [6.45, 7) is 2.98. The molecule has 1 aromatic heterocycles. The van der Waals surface area contributed by atoms with E-state index >= 15 is 0 Å². The molecule has 0 spiro atoms. The van der Waals surface area contributed by atoms with Crippen LogP contribution in [0.5, 0.6) is 0 Å². The highest BCUT2D eigenvalue weighted by atomic mass is 32.2. The summed E-state index contributed by atoms with van der Waals surface area (Å²) in [6.07, 6.45) is 3.81. The quantitative estimate of drug-likeness (QED) is 0.702. The van der Waals surface area contributed by atoms with Crippen molar-refractivity contribution >= 4 is 22.4 Å². The molecule has 1 amide bonds. The number of hydrogen-bond acceptors (Lipinski definition) is 4. The number of aromatic nitrogens is 2. The number of rotatable bonds is 6. The van der Waals surface area contributed by atoms with Crippen LogP contribution in [0.3, 0.4) is 0 Å². The Labute approximate surface area is 103 Å². The number of nitrogens with zero attached hydrogens (tertiary/aromatic N) is 2. The minimum atomic E-state index is -0.821. The average molecular weight is 258 g/mol.